The number of rotatable bonds is 6. The molecule has 1 aliphatic heterocycles. The maximum atomic E-state index is 13.8. The number of aromatic nitrogens is 2. The second-order valence-corrected chi connectivity index (χ2v) is 7.90. The van der Waals surface area contributed by atoms with Crippen molar-refractivity contribution in [3.05, 3.63) is 81.4 Å². The lowest BCUT2D eigenvalue weighted by molar-refractivity contribution is 0.0502. The summed E-state index contributed by atoms with van der Waals surface area (Å²) in [6, 6.07) is 12.8. The van der Waals surface area contributed by atoms with Gasteiger partial charge in [0.2, 0.25) is 0 Å². The predicted molar refractivity (Wildman–Crippen MR) is 118 cm³/mol. The molecule has 1 saturated heterocycles. The highest BCUT2D eigenvalue weighted by Crippen LogP contribution is 2.21. The molecule has 0 radical (unpaired) electrons. The number of hydrogen-bond donors (Lipinski definition) is 2. The summed E-state index contributed by atoms with van der Waals surface area (Å²) in [5.41, 5.74) is 0.220. The van der Waals surface area contributed by atoms with Crippen molar-refractivity contribution in [3.8, 4) is 16.9 Å². The molecular weight excluding hydrogens is 437 g/mol. The first-order chi connectivity index (χ1) is 15.5. The Hall–Kier alpha value is -3.07. The van der Waals surface area contributed by atoms with Gasteiger partial charge in [-0.3, -0.25) is 9.59 Å². The van der Waals surface area contributed by atoms with Crippen LogP contribution < -0.4 is 10.9 Å². The van der Waals surface area contributed by atoms with Gasteiger partial charge >= 0.3 is 0 Å². The van der Waals surface area contributed by atoms with Crippen molar-refractivity contribution >= 4 is 17.5 Å². The first-order valence-electron chi connectivity index (χ1n) is 10.2. The number of nitrogens with zero attached hydrogens (tertiary/aromatic N) is 2. The average molecular weight is 458 g/mol. The lowest BCUT2D eigenvalue weighted by Crippen LogP contribution is -2.47. The summed E-state index contributed by atoms with van der Waals surface area (Å²) in [4.78, 5) is 26.2. The van der Waals surface area contributed by atoms with Gasteiger partial charge in [0.15, 0.2) is 0 Å². The summed E-state index contributed by atoms with van der Waals surface area (Å²) < 4.78 is 20.4. The molecule has 2 atom stereocenters. The van der Waals surface area contributed by atoms with E-state index in [4.69, 9.17) is 16.3 Å². The molecule has 2 aromatic carbocycles. The minimum Gasteiger partial charge on any atom is -0.394 e. The van der Waals surface area contributed by atoms with E-state index in [1.54, 1.807) is 24.3 Å². The zero-order valence-corrected chi connectivity index (χ0v) is 17.8. The van der Waals surface area contributed by atoms with E-state index in [0.717, 1.165) is 17.2 Å². The van der Waals surface area contributed by atoms with E-state index in [2.05, 4.69) is 10.4 Å². The van der Waals surface area contributed by atoms with Crippen molar-refractivity contribution < 1.29 is 19.0 Å². The molecule has 32 heavy (non-hydrogen) atoms. The van der Waals surface area contributed by atoms with Crippen LogP contribution in [0.2, 0.25) is 5.02 Å². The van der Waals surface area contributed by atoms with Crippen LogP contribution in [0.25, 0.3) is 16.9 Å². The molecule has 2 heterocycles. The molecule has 3 aromatic rings. The van der Waals surface area contributed by atoms with Gasteiger partial charge in [-0.15, -0.1) is 0 Å². The fourth-order valence-electron chi connectivity index (χ4n) is 3.62. The summed E-state index contributed by atoms with van der Waals surface area (Å²) in [6.45, 7) is 0.225. The van der Waals surface area contributed by atoms with Crippen molar-refractivity contribution in [2.75, 3.05) is 13.2 Å². The Labute approximate surface area is 188 Å². The first kappa shape index (κ1) is 22.1. The number of halogens is 2. The number of aliphatic hydroxyl groups excluding tert-OH is 1. The first-order valence-corrected chi connectivity index (χ1v) is 10.5. The normalized spacial score (nSPS) is 16.7. The van der Waals surface area contributed by atoms with E-state index in [-0.39, 0.29) is 24.0 Å². The Bertz CT molecular complexity index is 1180. The zero-order valence-electron chi connectivity index (χ0n) is 17.0. The van der Waals surface area contributed by atoms with Gasteiger partial charge in [0.25, 0.3) is 11.5 Å². The molecule has 1 aromatic heterocycles. The summed E-state index contributed by atoms with van der Waals surface area (Å²) in [5, 5.41) is 17.3. The smallest absolute Gasteiger partial charge is 0.284 e. The number of amides is 1. The Morgan fingerprint density at radius 2 is 2.06 bits per heavy atom. The molecule has 4 rings (SSSR count). The Morgan fingerprint density at radius 1 is 1.28 bits per heavy atom. The molecule has 0 saturated carbocycles. The highest BCUT2D eigenvalue weighted by atomic mass is 35.5. The zero-order chi connectivity index (χ0) is 22.7. The van der Waals surface area contributed by atoms with Crippen LogP contribution in [-0.2, 0) is 4.74 Å². The molecule has 2 N–H and O–H groups in total. The van der Waals surface area contributed by atoms with E-state index in [0.29, 0.717) is 29.3 Å². The van der Waals surface area contributed by atoms with Gasteiger partial charge in [0.05, 0.1) is 30.1 Å². The van der Waals surface area contributed by atoms with Gasteiger partial charge in [-0.25, -0.2) is 4.39 Å². The second kappa shape index (κ2) is 9.60. The van der Waals surface area contributed by atoms with Gasteiger partial charge in [-0.2, -0.15) is 9.78 Å². The van der Waals surface area contributed by atoms with Crippen LogP contribution in [0, 0.1) is 5.82 Å². The average Bonchev–Trinajstić information content (AvgIpc) is 3.33. The second-order valence-electron chi connectivity index (χ2n) is 7.46. The molecule has 0 unspecified atom stereocenters. The number of carbonyl (C=O) groups is 1. The number of ether oxygens (including phenoxy) is 1. The van der Waals surface area contributed by atoms with Crippen LogP contribution in [0.4, 0.5) is 4.39 Å². The van der Waals surface area contributed by atoms with Crippen LogP contribution in [-0.4, -0.2) is 46.2 Å². The van der Waals surface area contributed by atoms with Gasteiger partial charge in [-0.1, -0.05) is 29.8 Å². The SMILES string of the molecule is O=C(N[C@@H](CO)[C@@H]1CCCO1)c1cc(-c2ccc(Cl)cc2)nn(-c2cccc(F)c2)c1=O. The molecule has 0 aliphatic carbocycles. The molecule has 7 nitrogen and oxygen atoms in total. The number of nitrogens with one attached hydrogen (secondary N) is 1. The Balaban J connectivity index is 1.78. The lowest BCUT2D eigenvalue weighted by Gasteiger charge is -2.22. The highest BCUT2D eigenvalue weighted by molar-refractivity contribution is 6.30. The molecule has 1 aliphatic rings. The van der Waals surface area contributed by atoms with Gasteiger partial charge in [0, 0.05) is 17.2 Å². The molecular formula is C23H21ClFN3O4. The van der Waals surface area contributed by atoms with Gasteiger partial charge in [0.1, 0.15) is 11.4 Å². The fraction of sp³-hybridized carbons (Fsp3) is 0.261. The summed E-state index contributed by atoms with van der Waals surface area (Å²) in [7, 11) is 0. The topological polar surface area (TPSA) is 93.4 Å². The quantitative estimate of drug-likeness (QED) is 0.593. The standard InChI is InChI=1S/C23H21ClFN3O4/c24-15-8-6-14(7-9-15)19-12-18(22(30)26-20(13-29)21-5-2-10-32-21)23(31)28(27-19)17-4-1-3-16(25)11-17/h1,3-4,6-9,11-12,20-21,29H,2,5,10,13H2,(H,26,30)/t20-,21-/m0/s1. The van der Waals surface area contributed by atoms with E-state index in [1.165, 1.54) is 24.3 Å². The molecule has 1 amide bonds. The number of benzene rings is 2. The summed E-state index contributed by atoms with van der Waals surface area (Å²) >= 11 is 5.97. The van der Waals surface area contributed by atoms with Crippen LogP contribution in [0.1, 0.15) is 23.2 Å². The molecule has 1 fully saturated rings. The summed E-state index contributed by atoms with van der Waals surface area (Å²) in [6.07, 6.45) is 1.21. The van der Waals surface area contributed by atoms with Crippen molar-refractivity contribution in [1.82, 2.24) is 15.1 Å². The fourth-order valence-corrected chi connectivity index (χ4v) is 3.75. The molecule has 166 valence electrons. The van der Waals surface area contributed by atoms with Crippen molar-refractivity contribution in [1.29, 1.82) is 0 Å². The minimum atomic E-state index is -0.713. The Morgan fingerprint density at radius 3 is 2.72 bits per heavy atom. The monoisotopic (exact) mass is 457 g/mol. The number of carbonyl (C=O) groups excluding carboxylic acids is 1. The Kier molecular flexibility index (Phi) is 6.64. The van der Waals surface area contributed by atoms with Crippen LogP contribution in [0.3, 0.4) is 0 Å². The van der Waals surface area contributed by atoms with Crippen LogP contribution in [0.15, 0.2) is 59.4 Å². The third-order valence-electron chi connectivity index (χ3n) is 5.28. The number of hydrogen-bond acceptors (Lipinski definition) is 5. The van der Waals surface area contributed by atoms with Gasteiger partial charge < -0.3 is 15.2 Å². The van der Waals surface area contributed by atoms with Crippen molar-refractivity contribution in [2.45, 2.75) is 25.0 Å². The van der Waals surface area contributed by atoms with E-state index in [9.17, 15) is 19.1 Å². The maximum absolute atomic E-state index is 13.8. The van der Waals surface area contributed by atoms with E-state index < -0.39 is 23.3 Å². The van der Waals surface area contributed by atoms with Crippen LogP contribution in [0.5, 0.6) is 0 Å². The largest absolute Gasteiger partial charge is 0.394 e. The number of aliphatic hydroxyl groups is 1. The highest BCUT2D eigenvalue weighted by Gasteiger charge is 2.28. The van der Waals surface area contributed by atoms with Crippen LogP contribution >= 0.6 is 11.6 Å². The molecule has 9 heteroatoms. The molecule has 0 bridgehead atoms. The van der Waals surface area contributed by atoms with Crippen molar-refractivity contribution in [3.63, 3.8) is 0 Å². The third kappa shape index (κ3) is 4.72. The minimum absolute atomic E-state index is 0.178. The third-order valence-corrected chi connectivity index (χ3v) is 5.53. The van der Waals surface area contributed by atoms with Gasteiger partial charge in [-0.05, 0) is 49.2 Å². The summed E-state index contributed by atoms with van der Waals surface area (Å²) in [5.74, 6) is -1.22. The van der Waals surface area contributed by atoms with Crippen molar-refractivity contribution in [2.24, 2.45) is 0 Å². The lowest BCUT2D eigenvalue weighted by atomic mass is 10.1. The molecule has 0 spiro atoms. The maximum Gasteiger partial charge on any atom is 0.284 e. The van der Waals surface area contributed by atoms with E-state index in [1.807, 2.05) is 0 Å². The van der Waals surface area contributed by atoms with E-state index >= 15 is 0 Å². The predicted octanol–water partition coefficient (Wildman–Crippen LogP) is 2.96.